The Morgan fingerprint density at radius 1 is 1.39 bits per heavy atom. The summed E-state index contributed by atoms with van der Waals surface area (Å²) >= 11 is 0. The first-order valence-electron chi connectivity index (χ1n) is 7.92. The molecule has 0 amide bonds. The summed E-state index contributed by atoms with van der Waals surface area (Å²) in [4.78, 5) is 17.5. The maximum Gasteiger partial charge on any atom is 0.189 e. The highest BCUT2D eigenvalue weighted by Crippen LogP contribution is 2.13. The Morgan fingerprint density at radius 2 is 2.22 bits per heavy atom. The van der Waals surface area contributed by atoms with Crippen molar-refractivity contribution >= 4 is 10.9 Å². The van der Waals surface area contributed by atoms with E-state index in [1.54, 1.807) is 6.07 Å². The first kappa shape index (κ1) is 16.1. The Balaban J connectivity index is 1.74. The van der Waals surface area contributed by atoms with Crippen molar-refractivity contribution in [1.29, 1.82) is 0 Å². The smallest absolute Gasteiger partial charge is 0.189 e. The number of aromatic amines is 1. The number of nitrogens with zero attached hydrogens (tertiary/aromatic N) is 1. The minimum Gasteiger partial charge on any atom is -0.375 e. The lowest BCUT2D eigenvalue weighted by atomic mass is 10.1. The minimum atomic E-state index is -0.401. The molecule has 0 radical (unpaired) electrons. The number of likely N-dealkylation sites (N-methyl/N-ethyl adjacent to an activating group) is 1. The average molecular weight is 319 g/mol. The summed E-state index contributed by atoms with van der Waals surface area (Å²) in [5, 5.41) is 3.83. The summed E-state index contributed by atoms with van der Waals surface area (Å²) < 4.78 is 19.0. The molecule has 1 aromatic heterocycles. The Kier molecular flexibility index (Phi) is 4.75. The van der Waals surface area contributed by atoms with E-state index in [2.05, 4.69) is 22.2 Å². The second kappa shape index (κ2) is 6.78. The predicted octanol–water partition coefficient (Wildman–Crippen LogP) is 1.48. The van der Waals surface area contributed by atoms with Gasteiger partial charge in [0, 0.05) is 54.9 Å². The van der Waals surface area contributed by atoms with E-state index in [0.29, 0.717) is 24.1 Å². The van der Waals surface area contributed by atoms with Gasteiger partial charge in [-0.3, -0.25) is 4.79 Å². The lowest BCUT2D eigenvalue weighted by Crippen LogP contribution is -2.40. The van der Waals surface area contributed by atoms with Gasteiger partial charge in [0.15, 0.2) is 5.43 Å². The number of hydrogen-bond acceptors (Lipinski definition) is 4. The van der Waals surface area contributed by atoms with E-state index in [4.69, 9.17) is 4.74 Å². The molecule has 3 rings (SSSR count). The van der Waals surface area contributed by atoms with Gasteiger partial charge in [-0.15, -0.1) is 0 Å². The molecule has 2 heterocycles. The molecule has 0 bridgehead atoms. The van der Waals surface area contributed by atoms with Crippen LogP contribution in [-0.2, 0) is 11.3 Å². The van der Waals surface area contributed by atoms with Gasteiger partial charge in [-0.25, -0.2) is 4.39 Å². The summed E-state index contributed by atoms with van der Waals surface area (Å²) in [5.41, 5.74) is 1.28. The number of H-pyrrole nitrogens is 1. The summed E-state index contributed by atoms with van der Waals surface area (Å²) in [6, 6.07) is 5.98. The molecule has 124 valence electrons. The maximum atomic E-state index is 13.2. The first-order valence-corrected chi connectivity index (χ1v) is 7.92. The lowest BCUT2D eigenvalue weighted by molar-refractivity contribution is 0.0541. The number of hydrogen-bond donors (Lipinski definition) is 2. The molecule has 2 atom stereocenters. The highest BCUT2D eigenvalue weighted by molar-refractivity contribution is 5.78. The van der Waals surface area contributed by atoms with Crippen LogP contribution in [0.2, 0.25) is 0 Å². The highest BCUT2D eigenvalue weighted by Gasteiger charge is 2.30. The van der Waals surface area contributed by atoms with Crippen molar-refractivity contribution < 1.29 is 9.13 Å². The van der Waals surface area contributed by atoms with Gasteiger partial charge in [-0.05, 0) is 32.2 Å². The lowest BCUT2D eigenvalue weighted by Gasteiger charge is -2.19. The van der Waals surface area contributed by atoms with Crippen LogP contribution in [0, 0.1) is 5.82 Å². The minimum absolute atomic E-state index is 0.159. The zero-order valence-corrected chi connectivity index (χ0v) is 13.4. The Labute approximate surface area is 134 Å². The van der Waals surface area contributed by atoms with Crippen molar-refractivity contribution in [1.82, 2.24) is 15.2 Å². The van der Waals surface area contributed by atoms with Gasteiger partial charge in [-0.1, -0.05) is 0 Å². The number of benzene rings is 1. The summed E-state index contributed by atoms with van der Waals surface area (Å²) in [5.74, 6) is -0.401. The predicted molar refractivity (Wildman–Crippen MR) is 88.1 cm³/mol. The van der Waals surface area contributed by atoms with E-state index in [1.165, 1.54) is 18.2 Å². The fourth-order valence-corrected chi connectivity index (χ4v) is 3.15. The normalized spacial score (nSPS) is 22.0. The molecule has 6 heteroatoms. The zero-order chi connectivity index (χ0) is 16.4. The first-order chi connectivity index (χ1) is 11.1. The van der Waals surface area contributed by atoms with E-state index in [1.807, 2.05) is 6.92 Å². The molecule has 0 unspecified atom stereocenters. The van der Waals surface area contributed by atoms with Crippen molar-refractivity contribution in [3.8, 4) is 0 Å². The molecule has 2 aromatic rings. The molecule has 0 saturated carbocycles. The van der Waals surface area contributed by atoms with E-state index >= 15 is 0 Å². The Hall–Kier alpha value is -1.76. The number of ether oxygens (including phenoxy) is 1. The number of likely N-dealkylation sites (tertiary alicyclic amines) is 1. The molecule has 23 heavy (non-hydrogen) atoms. The van der Waals surface area contributed by atoms with E-state index in [9.17, 15) is 9.18 Å². The molecule has 5 nitrogen and oxygen atoms in total. The summed E-state index contributed by atoms with van der Waals surface area (Å²) in [7, 11) is 2.07. The number of fused-ring (bicyclic) bond motifs is 1. The van der Waals surface area contributed by atoms with Crippen LogP contribution in [0.5, 0.6) is 0 Å². The standard InChI is InChI=1S/C17H22FN3O2/c1-3-23-17-10-21(2)9-15(17)19-8-12-7-16(22)13-6-11(18)4-5-14(13)20-12/h4-7,15,17,19H,3,8-10H2,1-2H3,(H,20,22)/t15-,17-/m0/s1. The van der Waals surface area contributed by atoms with Crippen LogP contribution in [0.15, 0.2) is 29.1 Å². The summed E-state index contributed by atoms with van der Waals surface area (Å²) in [6.45, 7) is 5.04. The number of pyridine rings is 1. The van der Waals surface area contributed by atoms with Crippen molar-refractivity contribution in [2.75, 3.05) is 26.7 Å². The van der Waals surface area contributed by atoms with Gasteiger partial charge in [0.1, 0.15) is 5.82 Å². The molecule has 1 saturated heterocycles. The van der Waals surface area contributed by atoms with Gasteiger partial charge < -0.3 is 19.9 Å². The van der Waals surface area contributed by atoms with Gasteiger partial charge in [0.2, 0.25) is 0 Å². The second-order valence-corrected chi connectivity index (χ2v) is 6.05. The largest absolute Gasteiger partial charge is 0.375 e. The van der Waals surface area contributed by atoms with Crippen LogP contribution in [-0.4, -0.2) is 48.8 Å². The zero-order valence-electron chi connectivity index (χ0n) is 13.4. The third-order valence-electron chi connectivity index (χ3n) is 4.23. The fourth-order valence-electron chi connectivity index (χ4n) is 3.15. The summed E-state index contributed by atoms with van der Waals surface area (Å²) in [6.07, 6.45) is 0.159. The van der Waals surface area contributed by atoms with Crippen molar-refractivity contribution in [3.05, 3.63) is 46.0 Å². The van der Waals surface area contributed by atoms with Crippen LogP contribution in [0.1, 0.15) is 12.6 Å². The quantitative estimate of drug-likeness (QED) is 0.876. The van der Waals surface area contributed by atoms with E-state index in [0.717, 1.165) is 18.8 Å². The molecule has 1 fully saturated rings. The topological polar surface area (TPSA) is 57.4 Å². The third kappa shape index (κ3) is 3.60. The van der Waals surface area contributed by atoms with Crippen LogP contribution in [0.25, 0.3) is 10.9 Å². The monoisotopic (exact) mass is 319 g/mol. The third-order valence-corrected chi connectivity index (χ3v) is 4.23. The van der Waals surface area contributed by atoms with Gasteiger partial charge in [0.05, 0.1) is 6.10 Å². The molecule has 0 aliphatic carbocycles. The molecule has 1 aromatic carbocycles. The number of aromatic nitrogens is 1. The number of rotatable bonds is 5. The van der Waals surface area contributed by atoms with Crippen LogP contribution in [0.3, 0.4) is 0 Å². The Bertz CT molecular complexity index is 746. The van der Waals surface area contributed by atoms with Gasteiger partial charge in [-0.2, -0.15) is 0 Å². The molecular weight excluding hydrogens is 297 g/mol. The van der Waals surface area contributed by atoms with E-state index in [-0.39, 0.29) is 17.6 Å². The van der Waals surface area contributed by atoms with Crippen molar-refractivity contribution in [2.45, 2.75) is 25.6 Å². The molecule has 1 aliphatic heterocycles. The SMILES string of the molecule is CCO[C@H]1CN(C)C[C@@H]1NCc1cc(=O)c2cc(F)ccc2[nH]1. The molecule has 1 aliphatic rings. The van der Waals surface area contributed by atoms with E-state index < -0.39 is 5.82 Å². The van der Waals surface area contributed by atoms with Crippen molar-refractivity contribution in [2.24, 2.45) is 0 Å². The van der Waals surface area contributed by atoms with Crippen molar-refractivity contribution in [3.63, 3.8) is 0 Å². The molecule has 2 N–H and O–H groups in total. The van der Waals surface area contributed by atoms with Gasteiger partial charge in [0.25, 0.3) is 0 Å². The fraction of sp³-hybridized carbons (Fsp3) is 0.471. The number of halogens is 1. The molecule has 0 spiro atoms. The Morgan fingerprint density at radius 3 is 3.00 bits per heavy atom. The van der Waals surface area contributed by atoms with Crippen LogP contribution in [0.4, 0.5) is 4.39 Å². The highest BCUT2D eigenvalue weighted by atomic mass is 19.1. The van der Waals surface area contributed by atoms with Crippen LogP contribution >= 0.6 is 0 Å². The number of nitrogens with one attached hydrogen (secondary N) is 2. The maximum absolute atomic E-state index is 13.2. The molecular formula is C17H22FN3O2. The second-order valence-electron chi connectivity index (χ2n) is 6.05. The van der Waals surface area contributed by atoms with Crippen LogP contribution < -0.4 is 10.7 Å². The van der Waals surface area contributed by atoms with Gasteiger partial charge >= 0.3 is 0 Å². The average Bonchev–Trinajstić information content (AvgIpc) is 2.86.